The summed E-state index contributed by atoms with van der Waals surface area (Å²) in [7, 11) is -1.99. The van der Waals surface area contributed by atoms with Gasteiger partial charge in [0.05, 0.1) is 17.8 Å². The van der Waals surface area contributed by atoms with Gasteiger partial charge in [-0.3, -0.25) is 4.79 Å². The molecule has 0 aromatic heterocycles. The number of nitrogens with two attached hydrogens (primary N) is 1. The lowest BCUT2D eigenvalue weighted by molar-refractivity contribution is -0.124. The molecular formula is C17H27ClN2O4S. The predicted molar refractivity (Wildman–Crippen MR) is 99.8 cm³/mol. The highest BCUT2D eigenvalue weighted by atomic mass is 35.5. The first-order valence-electron chi connectivity index (χ1n) is 8.24. The summed E-state index contributed by atoms with van der Waals surface area (Å²) >= 11 is 0. The molecule has 1 saturated carbocycles. The highest BCUT2D eigenvalue weighted by Crippen LogP contribution is 2.20. The summed E-state index contributed by atoms with van der Waals surface area (Å²) in [6, 6.07) is 6.52. The Morgan fingerprint density at radius 1 is 1.24 bits per heavy atom. The zero-order chi connectivity index (χ0) is 17.7. The van der Waals surface area contributed by atoms with Crippen LogP contribution in [0, 0.1) is 5.92 Å². The minimum absolute atomic E-state index is 0. The summed E-state index contributed by atoms with van der Waals surface area (Å²) in [5.74, 6) is -0.437. The van der Waals surface area contributed by atoms with E-state index in [0.29, 0.717) is 5.75 Å². The lowest BCUT2D eigenvalue weighted by Crippen LogP contribution is -2.43. The van der Waals surface area contributed by atoms with Crippen LogP contribution in [0.4, 0.5) is 0 Å². The van der Waals surface area contributed by atoms with Gasteiger partial charge in [-0.15, -0.1) is 12.4 Å². The van der Waals surface area contributed by atoms with E-state index in [1.165, 1.54) is 19.2 Å². The van der Waals surface area contributed by atoms with E-state index < -0.39 is 15.8 Å². The molecule has 3 N–H and O–H groups in total. The van der Waals surface area contributed by atoms with E-state index in [9.17, 15) is 13.2 Å². The molecule has 0 heterocycles. The number of rotatable bonds is 6. The van der Waals surface area contributed by atoms with E-state index in [4.69, 9.17) is 10.5 Å². The molecule has 0 saturated heterocycles. The number of hydrogen-bond donors (Lipinski definition) is 2. The highest BCUT2D eigenvalue weighted by Gasteiger charge is 2.26. The number of hydrogen-bond acceptors (Lipinski definition) is 5. The first kappa shape index (κ1) is 21.7. The molecule has 25 heavy (non-hydrogen) atoms. The Hall–Kier alpha value is -1.31. The van der Waals surface area contributed by atoms with Crippen LogP contribution in [0.2, 0.25) is 0 Å². The quantitative estimate of drug-likeness (QED) is 0.773. The van der Waals surface area contributed by atoms with Crippen molar-refractivity contribution >= 4 is 28.2 Å². The maximum absolute atomic E-state index is 12.4. The minimum atomic E-state index is -3.52. The van der Waals surface area contributed by atoms with Crippen LogP contribution in [0.5, 0.6) is 5.75 Å². The van der Waals surface area contributed by atoms with Gasteiger partial charge in [0.15, 0.2) is 9.84 Å². The number of halogens is 1. The van der Waals surface area contributed by atoms with Crippen molar-refractivity contribution in [3.63, 3.8) is 0 Å². The predicted octanol–water partition coefficient (Wildman–Crippen LogP) is 1.91. The Morgan fingerprint density at radius 2 is 1.80 bits per heavy atom. The van der Waals surface area contributed by atoms with Crippen molar-refractivity contribution in [1.29, 1.82) is 0 Å². The van der Waals surface area contributed by atoms with Crippen LogP contribution in [-0.4, -0.2) is 39.3 Å². The molecule has 1 aromatic carbocycles. The standard InChI is InChI=1S/C17H26N2O4S.ClH/c1-12(17(20)19-14-5-3-13(18)4-6-14)11-24(21,22)16-9-7-15(23-2)8-10-16;/h7-10,12-14H,3-6,11,18H2,1-2H3,(H,19,20);1H. The number of carbonyl (C=O) groups is 1. The second kappa shape index (κ2) is 9.40. The zero-order valence-corrected chi connectivity index (χ0v) is 16.2. The molecule has 1 atom stereocenters. The first-order valence-corrected chi connectivity index (χ1v) is 9.90. The van der Waals surface area contributed by atoms with Crippen molar-refractivity contribution in [2.24, 2.45) is 11.7 Å². The number of ether oxygens (including phenoxy) is 1. The van der Waals surface area contributed by atoms with Crippen LogP contribution < -0.4 is 15.8 Å². The third-order valence-electron chi connectivity index (χ3n) is 4.45. The highest BCUT2D eigenvalue weighted by molar-refractivity contribution is 7.91. The molecule has 1 aliphatic rings. The maximum atomic E-state index is 12.4. The van der Waals surface area contributed by atoms with E-state index in [1.54, 1.807) is 19.1 Å². The summed E-state index contributed by atoms with van der Waals surface area (Å²) in [5.41, 5.74) is 5.85. The van der Waals surface area contributed by atoms with Crippen molar-refractivity contribution in [2.45, 2.75) is 49.6 Å². The Bertz CT molecular complexity index is 656. The van der Waals surface area contributed by atoms with E-state index in [0.717, 1.165) is 25.7 Å². The smallest absolute Gasteiger partial charge is 0.224 e. The Morgan fingerprint density at radius 3 is 2.32 bits per heavy atom. The van der Waals surface area contributed by atoms with Gasteiger partial charge in [-0.1, -0.05) is 6.92 Å². The van der Waals surface area contributed by atoms with Gasteiger partial charge in [0, 0.05) is 18.0 Å². The Kier molecular flexibility index (Phi) is 8.18. The van der Waals surface area contributed by atoms with Crippen LogP contribution in [-0.2, 0) is 14.6 Å². The summed E-state index contributed by atoms with van der Waals surface area (Å²) in [4.78, 5) is 12.5. The van der Waals surface area contributed by atoms with Crippen molar-refractivity contribution in [3.8, 4) is 5.75 Å². The normalized spacial score (nSPS) is 21.7. The van der Waals surface area contributed by atoms with Crippen molar-refractivity contribution in [3.05, 3.63) is 24.3 Å². The molecule has 1 unspecified atom stereocenters. The van der Waals surface area contributed by atoms with Crippen LogP contribution in [0.1, 0.15) is 32.6 Å². The fourth-order valence-electron chi connectivity index (χ4n) is 2.89. The first-order chi connectivity index (χ1) is 11.3. The largest absolute Gasteiger partial charge is 0.497 e. The molecule has 6 nitrogen and oxygen atoms in total. The van der Waals surface area contributed by atoms with Crippen LogP contribution in [0.3, 0.4) is 0 Å². The fourth-order valence-corrected chi connectivity index (χ4v) is 4.44. The number of carbonyl (C=O) groups excluding carboxylic acids is 1. The topological polar surface area (TPSA) is 98.5 Å². The van der Waals surface area contributed by atoms with Crippen molar-refractivity contribution in [1.82, 2.24) is 5.32 Å². The van der Waals surface area contributed by atoms with Gasteiger partial charge in [0.25, 0.3) is 0 Å². The van der Waals surface area contributed by atoms with Gasteiger partial charge < -0.3 is 15.8 Å². The number of nitrogens with one attached hydrogen (secondary N) is 1. The van der Waals surface area contributed by atoms with Crippen LogP contribution in [0.25, 0.3) is 0 Å². The summed E-state index contributed by atoms with van der Waals surface area (Å²) in [6.07, 6.45) is 3.49. The lowest BCUT2D eigenvalue weighted by Gasteiger charge is -2.27. The minimum Gasteiger partial charge on any atom is -0.497 e. The molecule has 0 bridgehead atoms. The van der Waals surface area contributed by atoms with Gasteiger partial charge in [-0.2, -0.15) is 0 Å². The molecule has 2 rings (SSSR count). The number of methoxy groups -OCH3 is 1. The molecule has 142 valence electrons. The van der Waals surface area contributed by atoms with Gasteiger partial charge in [-0.05, 0) is 49.9 Å². The summed E-state index contributed by atoms with van der Waals surface area (Å²) in [5, 5.41) is 2.95. The lowest BCUT2D eigenvalue weighted by atomic mass is 9.91. The second-order valence-corrected chi connectivity index (χ2v) is 8.51. The molecule has 1 aliphatic carbocycles. The molecule has 1 amide bonds. The van der Waals surface area contributed by atoms with Crippen LogP contribution >= 0.6 is 12.4 Å². The van der Waals surface area contributed by atoms with E-state index in [2.05, 4.69) is 5.32 Å². The number of amides is 1. The third-order valence-corrected chi connectivity index (χ3v) is 6.38. The van der Waals surface area contributed by atoms with E-state index >= 15 is 0 Å². The molecule has 1 aromatic rings. The van der Waals surface area contributed by atoms with Crippen molar-refractivity contribution in [2.75, 3.05) is 12.9 Å². The average molecular weight is 391 g/mol. The maximum Gasteiger partial charge on any atom is 0.224 e. The van der Waals surface area contributed by atoms with E-state index in [-0.39, 0.29) is 41.0 Å². The third kappa shape index (κ3) is 6.17. The molecule has 0 spiro atoms. The average Bonchev–Trinajstić information content (AvgIpc) is 2.56. The fraction of sp³-hybridized carbons (Fsp3) is 0.588. The van der Waals surface area contributed by atoms with Gasteiger partial charge in [0.1, 0.15) is 5.75 Å². The number of sulfone groups is 1. The zero-order valence-electron chi connectivity index (χ0n) is 14.6. The number of benzene rings is 1. The SMILES string of the molecule is COc1ccc(S(=O)(=O)CC(C)C(=O)NC2CCC(N)CC2)cc1.Cl. The van der Waals surface area contributed by atoms with Gasteiger partial charge in [-0.25, -0.2) is 8.42 Å². The van der Waals surface area contributed by atoms with Gasteiger partial charge >= 0.3 is 0 Å². The monoisotopic (exact) mass is 390 g/mol. The summed E-state index contributed by atoms with van der Waals surface area (Å²) < 4.78 is 29.9. The van der Waals surface area contributed by atoms with Crippen molar-refractivity contribution < 1.29 is 17.9 Å². The molecule has 8 heteroatoms. The molecule has 0 aliphatic heterocycles. The molecule has 1 fully saturated rings. The summed E-state index contributed by atoms with van der Waals surface area (Å²) in [6.45, 7) is 1.64. The Balaban J connectivity index is 0.00000312. The van der Waals surface area contributed by atoms with Crippen LogP contribution in [0.15, 0.2) is 29.2 Å². The Labute approximate surface area is 155 Å². The second-order valence-electron chi connectivity index (χ2n) is 6.48. The van der Waals surface area contributed by atoms with E-state index in [1.807, 2.05) is 0 Å². The van der Waals surface area contributed by atoms with Gasteiger partial charge in [0.2, 0.25) is 5.91 Å². The molecular weight excluding hydrogens is 364 g/mol. The molecule has 0 radical (unpaired) electrons.